The minimum atomic E-state index is -1.58. The summed E-state index contributed by atoms with van der Waals surface area (Å²) in [5, 5.41) is 37.4. The van der Waals surface area contributed by atoms with Gasteiger partial charge in [0.1, 0.15) is 29.9 Å². The van der Waals surface area contributed by atoms with Gasteiger partial charge in [-0.2, -0.15) is 0 Å². The highest BCUT2D eigenvalue weighted by atomic mass is 33.1. The van der Waals surface area contributed by atoms with E-state index in [1.807, 2.05) is 0 Å². The zero-order valence-electron chi connectivity index (χ0n) is 19.1. The van der Waals surface area contributed by atoms with Crippen LogP contribution in [0.5, 0.6) is 5.75 Å². The van der Waals surface area contributed by atoms with Crippen LogP contribution in [0.3, 0.4) is 0 Å². The molecule has 2 rings (SSSR count). The second-order valence-corrected chi connectivity index (χ2v) is 10.4. The number of carbonyl (C=O) groups is 6. The number of carbonyl (C=O) groups excluding carboxylic acids is 4. The van der Waals surface area contributed by atoms with E-state index in [2.05, 4.69) is 21.3 Å². The highest BCUT2D eigenvalue weighted by Gasteiger charge is 2.33. The van der Waals surface area contributed by atoms with Crippen molar-refractivity contribution in [3.8, 4) is 5.75 Å². The predicted molar refractivity (Wildman–Crippen MR) is 130 cm³/mol. The van der Waals surface area contributed by atoms with Crippen molar-refractivity contribution in [2.75, 3.05) is 11.5 Å². The van der Waals surface area contributed by atoms with Gasteiger partial charge in [0.2, 0.25) is 23.6 Å². The molecule has 15 heteroatoms. The first kappa shape index (κ1) is 28.8. The smallest absolute Gasteiger partial charge is 0.327 e. The molecule has 1 heterocycles. The Morgan fingerprint density at radius 1 is 1.03 bits per heavy atom. The highest BCUT2D eigenvalue weighted by Crippen LogP contribution is 2.24. The third kappa shape index (κ3) is 9.30. The van der Waals surface area contributed by atoms with E-state index in [4.69, 9.17) is 5.11 Å². The molecular weight excluding hydrogens is 516 g/mol. The second-order valence-electron chi connectivity index (χ2n) is 7.81. The molecule has 1 aromatic carbocycles. The molecule has 0 bridgehead atoms. The molecular formula is C21H26N4O9S2. The maximum atomic E-state index is 13.0. The molecule has 0 aromatic heterocycles. The third-order valence-corrected chi connectivity index (χ3v) is 7.30. The van der Waals surface area contributed by atoms with E-state index in [1.165, 1.54) is 19.1 Å². The van der Waals surface area contributed by atoms with Crippen LogP contribution in [0.25, 0.3) is 0 Å². The molecule has 0 spiro atoms. The van der Waals surface area contributed by atoms with Gasteiger partial charge in [0.25, 0.3) is 0 Å². The number of amides is 4. The predicted octanol–water partition coefficient (Wildman–Crippen LogP) is -1.15. The zero-order chi connectivity index (χ0) is 26.8. The fourth-order valence-corrected chi connectivity index (χ4v) is 5.43. The molecule has 0 saturated carbocycles. The molecule has 1 aliphatic rings. The largest absolute Gasteiger partial charge is 0.508 e. The van der Waals surface area contributed by atoms with Crippen molar-refractivity contribution < 1.29 is 44.1 Å². The molecule has 1 aromatic rings. The van der Waals surface area contributed by atoms with Gasteiger partial charge < -0.3 is 36.6 Å². The van der Waals surface area contributed by atoms with Crippen LogP contribution in [-0.4, -0.2) is 86.6 Å². The van der Waals surface area contributed by atoms with Gasteiger partial charge in [-0.25, -0.2) is 4.79 Å². The Labute approximate surface area is 213 Å². The minimum absolute atomic E-state index is 0.0213. The molecule has 1 unspecified atom stereocenters. The van der Waals surface area contributed by atoms with Crippen LogP contribution in [0.2, 0.25) is 0 Å². The van der Waals surface area contributed by atoms with Crippen molar-refractivity contribution in [2.24, 2.45) is 0 Å². The average Bonchev–Trinajstić information content (AvgIpc) is 2.81. The van der Waals surface area contributed by atoms with Crippen molar-refractivity contribution in [3.05, 3.63) is 29.8 Å². The summed E-state index contributed by atoms with van der Waals surface area (Å²) < 4.78 is 0. The van der Waals surface area contributed by atoms with Gasteiger partial charge in [0, 0.05) is 24.9 Å². The Hall–Kier alpha value is -3.46. The van der Waals surface area contributed by atoms with Gasteiger partial charge in [-0.15, -0.1) is 0 Å². The number of phenols is 1. The summed E-state index contributed by atoms with van der Waals surface area (Å²) >= 11 is 0. The summed E-state index contributed by atoms with van der Waals surface area (Å²) in [5.74, 6) is -5.85. The number of carboxylic acid groups (broad SMARTS) is 2. The summed E-state index contributed by atoms with van der Waals surface area (Å²) in [6.07, 6.45) is -0.757. The lowest BCUT2D eigenvalue weighted by Gasteiger charge is -2.24. The molecule has 196 valence electrons. The number of hydrogen-bond donors (Lipinski definition) is 7. The summed E-state index contributed by atoms with van der Waals surface area (Å²) in [6, 6.07) is 0.774. The summed E-state index contributed by atoms with van der Waals surface area (Å²) in [4.78, 5) is 72.8. The van der Waals surface area contributed by atoms with Gasteiger partial charge in [-0.3, -0.25) is 24.0 Å². The molecule has 36 heavy (non-hydrogen) atoms. The van der Waals surface area contributed by atoms with Crippen LogP contribution in [-0.2, 0) is 35.2 Å². The molecule has 0 radical (unpaired) electrons. The van der Waals surface area contributed by atoms with Crippen LogP contribution in [0.1, 0.15) is 18.9 Å². The monoisotopic (exact) mass is 542 g/mol. The van der Waals surface area contributed by atoms with Crippen molar-refractivity contribution in [1.29, 1.82) is 0 Å². The van der Waals surface area contributed by atoms with E-state index in [1.54, 1.807) is 12.1 Å². The lowest BCUT2D eigenvalue weighted by molar-refractivity contribution is -0.143. The topological polar surface area (TPSA) is 211 Å². The Morgan fingerprint density at radius 2 is 1.67 bits per heavy atom. The molecule has 7 N–H and O–H groups in total. The quantitative estimate of drug-likeness (QED) is 0.195. The standard InChI is InChI=1S/C21H26N4O9S2/c1-10(26)22-13(6-11-2-4-12(27)5-3-11)18(30)24-15-8-35-36-9-16(21(33)34)25-19(31)14(7-17(28)29)23-20(15)32/h2-5,13-16,27H,6-9H2,1H3,(H,22,26)(H,23,32)(H,24,30)(H,25,31)(H,28,29)(H,33,34)/t13-,14-,15?,16-/m0/s1. The van der Waals surface area contributed by atoms with Crippen LogP contribution >= 0.6 is 21.6 Å². The Kier molecular flexibility index (Phi) is 10.9. The van der Waals surface area contributed by atoms with Crippen LogP contribution in [0.4, 0.5) is 0 Å². The second kappa shape index (κ2) is 13.6. The van der Waals surface area contributed by atoms with E-state index in [9.17, 15) is 39.0 Å². The van der Waals surface area contributed by atoms with Crippen LogP contribution in [0.15, 0.2) is 24.3 Å². The Morgan fingerprint density at radius 3 is 2.25 bits per heavy atom. The highest BCUT2D eigenvalue weighted by molar-refractivity contribution is 8.76. The van der Waals surface area contributed by atoms with Gasteiger partial charge >= 0.3 is 11.9 Å². The summed E-state index contributed by atoms with van der Waals surface area (Å²) in [5.41, 5.74) is 0.622. The van der Waals surface area contributed by atoms with E-state index in [0.717, 1.165) is 21.6 Å². The Bertz CT molecular complexity index is 1010. The van der Waals surface area contributed by atoms with Crippen molar-refractivity contribution >= 4 is 57.2 Å². The number of nitrogens with one attached hydrogen (secondary N) is 4. The van der Waals surface area contributed by atoms with Gasteiger partial charge in [-0.05, 0) is 17.7 Å². The fourth-order valence-electron chi connectivity index (χ4n) is 3.11. The van der Waals surface area contributed by atoms with Crippen molar-refractivity contribution in [2.45, 2.75) is 43.9 Å². The number of carboxylic acids is 2. The van der Waals surface area contributed by atoms with Crippen molar-refractivity contribution in [3.63, 3.8) is 0 Å². The summed E-state index contributed by atoms with van der Waals surface area (Å²) in [6.45, 7) is 1.22. The van der Waals surface area contributed by atoms with Gasteiger partial charge in [0.15, 0.2) is 0 Å². The molecule has 0 aliphatic carbocycles. The molecule has 1 fully saturated rings. The maximum absolute atomic E-state index is 13.0. The number of aliphatic carboxylic acids is 2. The van der Waals surface area contributed by atoms with Gasteiger partial charge in [0.05, 0.1) is 6.42 Å². The van der Waals surface area contributed by atoms with E-state index >= 15 is 0 Å². The number of rotatable bonds is 8. The molecule has 4 atom stereocenters. The third-order valence-electron chi connectivity index (χ3n) is 4.88. The first-order chi connectivity index (χ1) is 17.0. The Balaban J connectivity index is 2.23. The van der Waals surface area contributed by atoms with Gasteiger partial charge in [-0.1, -0.05) is 33.7 Å². The fraction of sp³-hybridized carbons (Fsp3) is 0.429. The summed E-state index contributed by atoms with van der Waals surface area (Å²) in [7, 11) is 2.13. The average molecular weight is 543 g/mol. The molecule has 1 saturated heterocycles. The first-order valence-corrected chi connectivity index (χ1v) is 13.1. The lowest BCUT2D eigenvalue weighted by atomic mass is 10.0. The molecule has 1 aliphatic heterocycles. The first-order valence-electron chi connectivity index (χ1n) is 10.6. The minimum Gasteiger partial charge on any atom is -0.508 e. The molecule has 13 nitrogen and oxygen atoms in total. The number of aromatic hydroxyl groups is 1. The van der Waals surface area contributed by atoms with Crippen molar-refractivity contribution in [1.82, 2.24) is 21.3 Å². The van der Waals surface area contributed by atoms with Crippen LogP contribution in [0, 0.1) is 0 Å². The number of hydrogen-bond acceptors (Lipinski definition) is 9. The van der Waals surface area contributed by atoms with Crippen LogP contribution < -0.4 is 21.3 Å². The SMILES string of the molecule is CC(=O)N[C@@H](Cc1ccc(O)cc1)C(=O)NC1CSSC[C@@H](C(=O)O)NC(=O)[C@H](CC(=O)O)NC1=O. The lowest BCUT2D eigenvalue weighted by Crippen LogP contribution is -2.58. The normalized spacial score (nSPS) is 21.6. The van der Waals surface area contributed by atoms with E-state index in [0.29, 0.717) is 5.56 Å². The maximum Gasteiger partial charge on any atom is 0.327 e. The molecule has 4 amide bonds. The van der Waals surface area contributed by atoms with E-state index in [-0.39, 0.29) is 23.7 Å². The number of benzene rings is 1. The van der Waals surface area contributed by atoms with E-state index < -0.39 is 66.2 Å². The zero-order valence-corrected chi connectivity index (χ0v) is 20.7. The number of phenolic OH excluding ortho intramolecular Hbond substituents is 1.